The second kappa shape index (κ2) is 9.44. The molecule has 1 heterocycles. The van der Waals surface area contributed by atoms with Crippen LogP contribution in [-0.4, -0.2) is 0 Å². The van der Waals surface area contributed by atoms with Crippen molar-refractivity contribution >= 4 is 54.1 Å². The number of rotatable bonds is 3. The lowest BCUT2D eigenvalue weighted by atomic mass is 9.84. The fourth-order valence-electron chi connectivity index (χ4n) is 6.47. The molecule has 1 heteroatoms. The Kier molecular flexibility index (Phi) is 3.80. The summed E-state index contributed by atoms with van der Waals surface area (Å²) in [5.74, 6) is 0. The molecule has 0 aliphatic carbocycles. The van der Waals surface area contributed by atoms with Crippen molar-refractivity contribution in [1.29, 1.82) is 0 Å². The maximum absolute atomic E-state index is 9.35. The van der Waals surface area contributed by atoms with Gasteiger partial charge in [0.15, 0.2) is 0 Å². The molecule has 0 radical (unpaired) electrons. The largest absolute Gasteiger partial charge is 0.464 e. The third-order valence-corrected chi connectivity index (χ3v) is 8.38. The molecule has 1 nitrogen and oxygen atoms in total. The summed E-state index contributed by atoms with van der Waals surface area (Å²) >= 11 is 0. The first-order chi connectivity index (χ1) is 24.7. The van der Waals surface area contributed by atoms with Crippen LogP contribution < -0.4 is 0 Å². The first-order valence-electron chi connectivity index (χ1n) is 18.1. The van der Waals surface area contributed by atoms with Gasteiger partial charge in [-0.15, -0.1) is 0 Å². The molecule has 0 bridgehead atoms. The standard InChI is InChI=1S/C42H26O/c1-3-15-30-27(11-1)13-9-21-32(30)29-23-24-40-38(25-29)39(26-43-40)42-36-19-7-5-17-34(36)41(35-18-6-8-20-37(35)42)33-22-10-14-28-12-2-4-16-31(28)33/h1-26H/i5D,6D,7D,8D,17D,18D,19D,20D. The molecular formula is C42H26O. The van der Waals surface area contributed by atoms with Crippen LogP contribution >= 0.6 is 0 Å². The Labute approximate surface area is 260 Å². The van der Waals surface area contributed by atoms with E-state index < -0.39 is 24.2 Å². The van der Waals surface area contributed by atoms with E-state index in [4.69, 9.17) is 9.90 Å². The van der Waals surface area contributed by atoms with Crippen LogP contribution in [0.2, 0.25) is 0 Å². The zero-order chi connectivity index (χ0) is 35.3. The Morgan fingerprint density at radius 3 is 1.56 bits per heavy atom. The van der Waals surface area contributed by atoms with Gasteiger partial charge in [-0.3, -0.25) is 0 Å². The molecule has 0 saturated carbocycles. The monoisotopic (exact) mass is 554 g/mol. The van der Waals surface area contributed by atoms with Gasteiger partial charge < -0.3 is 4.42 Å². The van der Waals surface area contributed by atoms with Gasteiger partial charge in [-0.1, -0.05) is 139 Å². The zero-order valence-electron chi connectivity index (χ0n) is 30.8. The summed E-state index contributed by atoms with van der Waals surface area (Å²) in [4.78, 5) is 0. The van der Waals surface area contributed by atoms with E-state index in [0.717, 1.165) is 32.7 Å². The van der Waals surface area contributed by atoms with Crippen molar-refractivity contribution in [3.8, 4) is 33.4 Å². The first kappa shape index (κ1) is 17.3. The van der Waals surface area contributed by atoms with Crippen LogP contribution in [0.4, 0.5) is 0 Å². The highest BCUT2D eigenvalue weighted by atomic mass is 16.3. The van der Waals surface area contributed by atoms with Gasteiger partial charge in [0.25, 0.3) is 0 Å². The molecule has 1 aromatic heterocycles. The third-order valence-electron chi connectivity index (χ3n) is 8.38. The van der Waals surface area contributed by atoms with Gasteiger partial charge in [0.1, 0.15) is 5.58 Å². The van der Waals surface area contributed by atoms with Crippen molar-refractivity contribution in [1.82, 2.24) is 0 Å². The smallest absolute Gasteiger partial charge is 0.134 e. The Morgan fingerprint density at radius 2 is 0.930 bits per heavy atom. The Morgan fingerprint density at radius 1 is 0.419 bits per heavy atom. The number of benzene rings is 8. The average molecular weight is 555 g/mol. The van der Waals surface area contributed by atoms with Gasteiger partial charge in [-0.25, -0.2) is 0 Å². The molecule has 43 heavy (non-hydrogen) atoms. The Bertz CT molecular complexity index is 2870. The van der Waals surface area contributed by atoms with Crippen molar-refractivity contribution in [3.05, 3.63) is 158 Å². The fraction of sp³-hybridized carbons (Fsp3) is 0. The van der Waals surface area contributed by atoms with E-state index in [2.05, 4.69) is 18.2 Å². The third kappa shape index (κ3) is 3.65. The fourth-order valence-corrected chi connectivity index (χ4v) is 6.47. The molecule has 0 aliphatic rings. The molecule has 0 aliphatic heterocycles. The van der Waals surface area contributed by atoms with Crippen molar-refractivity contribution < 1.29 is 15.4 Å². The molecular weight excluding hydrogens is 520 g/mol. The second-order valence-electron chi connectivity index (χ2n) is 10.7. The zero-order valence-corrected chi connectivity index (χ0v) is 22.8. The maximum atomic E-state index is 9.35. The number of hydrogen-bond acceptors (Lipinski definition) is 1. The molecule has 0 saturated heterocycles. The predicted octanol–water partition coefficient (Wildman–Crippen LogP) is 12.0. The minimum Gasteiger partial charge on any atom is -0.464 e. The van der Waals surface area contributed by atoms with Crippen molar-refractivity contribution in [2.75, 3.05) is 0 Å². The summed E-state index contributed by atoms with van der Waals surface area (Å²) in [6.45, 7) is 0. The minimum atomic E-state index is -0.443. The first-order valence-corrected chi connectivity index (χ1v) is 14.1. The van der Waals surface area contributed by atoms with Gasteiger partial charge in [0.05, 0.1) is 17.2 Å². The van der Waals surface area contributed by atoms with E-state index in [9.17, 15) is 5.48 Å². The molecule has 0 N–H and O–H groups in total. The highest BCUT2D eigenvalue weighted by Gasteiger charge is 2.20. The van der Waals surface area contributed by atoms with Gasteiger partial charge in [-0.05, 0) is 77.5 Å². The molecule has 0 unspecified atom stereocenters. The summed E-state index contributed by atoms with van der Waals surface area (Å²) in [6, 6.07) is 30.3. The molecule has 0 fully saturated rings. The maximum Gasteiger partial charge on any atom is 0.134 e. The lowest BCUT2D eigenvalue weighted by Crippen LogP contribution is -1.91. The molecule has 0 atom stereocenters. The van der Waals surface area contributed by atoms with E-state index in [1.54, 1.807) is 0 Å². The van der Waals surface area contributed by atoms with Gasteiger partial charge in [0, 0.05) is 16.5 Å². The van der Waals surface area contributed by atoms with Gasteiger partial charge >= 0.3 is 0 Å². The van der Waals surface area contributed by atoms with E-state index >= 15 is 0 Å². The number of furan rings is 1. The minimum absolute atomic E-state index is 0.153. The van der Waals surface area contributed by atoms with Crippen molar-refractivity contribution in [2.45, 2.75) is 0 Å². The van der Waals surface area contributed by atoms with Crippen LogP contribution in [0.1, 0.15) is 11.0 Å². The van der Waals surface area contributed by atoms with Gasteiger partial charge in [0.2, 0.25) is 0 Å². The highest BCUT2D eigenvalue weighted by molar-refractivity contribution is 6.25. The summed E-state index contributed by atoms with van der Waals surface area (Å²) in [5, 5.41) is 5.08. The molecule has 0 amide bonds. The van der Waals surface area contributed by atoms with Crippen molar-refractivity contribution in [3.63, 3.8) is 0 Å². The Hall–Kier alpha value is -5.66. The van der Waals surface area contributed by atoms with E-state index in [0.29, 0.717) is 27.7 Å². The lowest BCUT2D eigenvalue weighted by molar-refractivity contribution is 0.617. The van der Waals surface area contributed by atoms with E-state index in [-0.39, 0.29) is 51.3 Å². The predicted molar refractivity (Wildman–Crippen MR) is 183 cm³/mol. The SMILES string of the molecule is [2H]c1c([2H])c([2H])c2c(-c3coc4ccc(-c5cccc6ccccc56)cc34)c3c([2H])c([2H])c([2H])c([2H])c3c(-c3cccc4ccccc34)c2c1[2H]. The molecule has 200 valence electrons. The van der Waals surface area contributed by atoms with Crippen LogP contribution in [0.5, 0.6) is 0 Å². The molecule has 9 rings (SSSR count). The highest BCUT2D eigenvalue weighted by Crippen LogP contribution is 2.47. The van der Waals surface area contributed by atoms with Crippen LogP contribution in [0.15, 0.2) is 162 Å². The number of hydrogen-bond donors (Lipinski definition) is 0. The van der Waals surface area contributed by atoms with Crippen LogP contribution in [0, 0.1) is 0 Å². The van der Waals surface area contributed by atoms with Crippen molar-refractivity contribution in [2.24, 2.45) is 0 Å². The van der Waals surface area contributed by atoms with E-state index in [1.165, 1.54) is 6.26 Å². The lowest BCUT2D eigenvalue weighted by Gasteiger charge is -2.18. The van der Waals surface area contributed by atoms with Crippen LogP contribution in [-0.2, 0) is 0 Å². The molecule has 8 aromatic carbocycles. The van der Waals surface area contributed by atoms with Gasteiger partial charge in [-0.2, -0.15) is 0 Å². The van der Waals surface area contributed by atoms with Crippen LogP contribution in [0.25, 0.3) is 87.4 Å². The Balaban J connectivity index is 1.51. The summed E-state index contributed by atoms with van der Waals surface area (Å²) in [7, 11) is 0. The molecule has 9 aromatic rings. The quantitative estimate of drug-likeness (QED) is 0.198. The second-order valence-corrected chi connectivity index (χ2v) is 10.7. The summed E-state index contributed by atoms with van der Waals surface area (Å²) in [5.41, 5.74) is 4.05. The topological polar surface area (TPSA) is 13.1 Å². The van der Waals surface area contributed by atoms with E-state index in [1.807, 2.05) is 84.9 Å². The normalized spacial score (nSPS) is 14.3. The average Bonchev–Trinajstić information content (AvgIpc) is 3.59. The number of fused-ring (bicyclic) bond motifs is 5. The molecule has 0 spiro atoms. The summed E-state index contributed by atoms with van der Waals surface area (Å²) < 4.78 is 78.6. The summed E-state index contributed by atoms with van der Waals surface area (Å²) in [6.07, 6.45) is 1.52. The van der Waals surface area contributed by atoms with Crippen LogP contribution in [0.3, 0.4) is 0 Å².